The van der Waals surface area contributed by atoms with Crippen molar-refractivity contribution < 1.29 is 17.9 Å². The molecular weight excluding hydrogens is 364 g/mol. The van der Waals surface area contributed by atoms with Crippen molar-refractivity contribution in [2.75, 3.05) is 30.0 Å². The first-order chi connectivity index (χ1) is 12.5. The molecule has 1 amide bonds. The van der Waals surface area contributed by atoms with E-state index in [1.54, 1.807) is 31.4 Å². The number of benzene rings is 2. The number of hydrogen-bond acceptors (Lipinski definition) is 4. The summed E-state index contributed by atoms with van der Waals surface area (Å²) in [7, 11) is -0.290. The number of ether oxygens (including phenoxy) is 1. The monoisotopic (exact) mass is 390 g/mol. The zero-order valence-electron chi connectivity index (χ0n) is 16.5. The van der Waals surface area contributed by atoms with Crippen LogP contribution in [0.5, 0.6) is 5.75 Å². The molecule has 0 saturated carbocycles. The van der Waals surface area contributed by atoms with Crippen molar-refractivity contribution in [3.05, 3.63) is 53.1 Å². The SMILES string of the molecule is COc1cc(C)c(C(=O)Nc2cccc(N(C)S(C)(=O)=O)c2)cc1C(C)C. The van der Waals surface area contributed by atoms with E-state index in [2.05, 4.69) is 5.32 Å². The molecule has 0 aliphatic rings. The quantitative estimate of drug-likeness (QED) is 0.814. The fourth-order valence-electron chi connectivity index (χ4n) is 2.74. The first-order valence-corrected chi connectivity index (χ1v) is 10.4. The van der Waals surface area contributed by atoms with Crippen molar-refractivity contribution in [3.63, 3.8) is 0 Å². The number of rotatable bonds is 6. The van der Waals surface area contributed by atoms with E-state index >= 15 is 0 Å². The van der Waals surface area contributed by atoms with Crippen LogP contribution in [0.15, 0.2) is 36.4 Å². The third-order valence-electron chi connectivity index (χ3n) is 4.41. The molecular formula is C20H26N2O4S. The van der Waals surface area contributed by atoms with Crippen LogP contribution in [-0.4, -0.2) is 34.7 Å². The standard InChI is InChI=1S/C20H26N2O4S/c1-13(2)17-12-18(14(3)10-19(17)26-5)20(23)21-15-8-7-9-16(11-15)22(4)27(6,24)25/h7-13H,1-6H3,(H,21,23). The Bertz CT molecular complexity index is 952. The Morgan fingerprint density at radius 3 is 2.41 bits per heavy atom. The summed E-state index contributed by atoms with van der Waals surface area (Å²) in [5.41, 5.74) is 3.32. The third-order valence-corrected chi connectivity index (χ3v) is 5.61. The predicted molar refractivity (Wildman–Crippen MR) is 109 cm³/mol. The van der Waals surface area contributed by atoms with E-state index in [0.29, 0.717) is 16.9 Å². The largest absolute Gasteiger partial charge is 0.496 e. The Kier molecular flexibility index (Phi) is 6.15. The lowest BCUT2D eigenvalue weighted by molar-refractivity contribution is 0.102. The Labute approximate surface area is 161 Å². The van der Waals surface area contributed by atoms with Gasteiger partial charge in [-0.3, -0.25) is 9.10 Å². The summed E-state index contributed by atoms with van der Waals surface area (Å²) in [5.74, 6) is 0.714. The van der Waals surface area contributed by atoms with Crippen molar-refractivity contribution in [2.45, 2.75) is 26.7 Å². The summed E-state index contributed by atoms with van der Waals surface area (Å²) in [5, 5.41) is 2.85. The average Bonchev–Trinajstić information content (AvgIpc) is 2.59. The molecule has 2 aromatic carbocycles. The van der Waals surface area contributed by atoms with E-state index in [-0.39, 0.29) is 11.8 Å². The second-order valence-electron chi connectivity index (χ2n) is 6.80. The number of anilines is 2. The maximum atomic E-state index is 12.8. The van der Waals surface area contributed by atoms with E-state index in [4.69, 9.17) is 4.74 Å². The van der Waals surface area contributed by atoms with Crippen molar-refractivity contribution in [1.29, 1.82) is 0 Å². The topological polar surface area (TPSA) is 75.7 Å². The fraction of sp³-hybridized carbons (Fsp3) is 0.350. The molecule has 0 radical (unpaired) electrons. The molecule has 146 valence electrons. The molecule has 0 unspecified atom stereocenters. The first-order valence-electron chi connectivity index (χ1n) is 8.58. The van der Waals surface area contributed by atoms with Crippen molar-refractivity contribution in [1.82, 2.24) is 0 Å². The summed E-state index contributed by atoms with van der Waals surface area (Å²) in [6.45, 7) is 5.94. The van der Waals surface area contributed by atoms with E-state index in [1.807, 2.05) is 32.9 Å². The van der Waals surface area contributed by atoms with Crippen LogP contribution < -0.4 is 14.4 Å². The first kappa shape index (κ1) is 20.8. The molecule has 7 heteroatoms. The third kappa shape index (κ3) is 4.80. The lowest BCUT2D eigenvalue weighted by atomic mass is 9.96. The minimum Gasteiger partial charge on any atom is -0.496 e. The molecule has 0 atom stereocenters. The van der Waals surface area contributed by atoms with Crippen LogP contribution in [0.25, 0.3) is 0 Å². The average molecular weight is 391 g/mol. The molecule has 0 aromatic heterocycles. The van der Waals surface area contributed by atoms with Gasteiger partial charge in [-0.25, -0.2) is 8.42 Å². The lowest BCUT2D eigenvalue weighted by Gasteiger charge is -2.18. The molecule has 0 aliphatic heterocycles. The molecule has 2 aromatic rings. The zero-order valence-corrected chi connectivity index (χ0v) is 17.3. The van der Waals surface area contributed by atoms with Crippen molar-refractivity contribution in [2.24, 2.45) is 0 Å². The summed E-state index contributed by atoms with van der Waals surface area (Å²) in [6, 6.07) is 10.4. The smallest absolute Gasteiger partial charge is 0.255 e. The Morgan fingerprint density at radius 2 is 1.85 bits per heavy atom. The molecule has 0 bridgehead atoms. The summed E-state index contributed by atoms with van der Waals surface area (Å²) < 4.78 is 30.0. The minimum atomic E-state index is -3.38. The number of hydrogen-bond donors (Lipinski definition) is 1. The van der Waals surface area contributed by atoms with Gasteiger partial charge in [-0.05, 0) is 54.3 Å². The number of carbonyl (C=O) groups excluding carboxylic acids is 1. The minimum absolute atomic E-state index is 0.207. The number of carbonyl (C=O) groups is 1. The highest BCUT2D eigenvalue weighted by atomic mass is 32.2. The fourth-order valence-corrected chi connectivity index (χ4v) is 3.24. The predicted octanol–water partition coefficient (Wildman–Crippen LogP) is 3.78. The number of aryl methyl sites for hydroxylation is 1. The van der Waals surface area contributed by atoms with Crippen LogP contribution in [0, 0.1) is 6.92 Å². The maximum absolute atomic E-state index is 12.8. The molecule has 2 rings (SSSR count). The van der Waals surface area contributed by atoms with Crippen LogP contribution in [0.3, 0.4) is 0 Å². The molecule has 0 saturated heterocycles. The van der Waals surface area contributed by atoms with Crippen LogP contribution in [0.2, 0.25) is 0 Å². The second kappa shape index (κ2) is 8.00. The van der Waals surface area contributed by atoms with E-state index in [0.717, 1.165) is 27.4 Å². The number of methoxy groups -OCH3 is 1. The normalized spacial score (nSPS) is 11.4. The molecule has 27 heavy (non-hydrogen) atoms. The molecule has 1 N–H and O–H groups in total. The zero-order chi connectivity index (χ0) is 20.4. The highest BCUT2D eigenvalue weighted by Gasteiger charge is 2.17. The van der Waals surface area contributed by atoms with Gasteiger partial charge in [-0.1, -0.05) is 19.9 Å². The number of nitrogens with zero attached hydrogens (tertiary/aromatic N) is 1. The Morgan fingerprint density at radius 1 is 1.19 bits per heavy atom. The molecule has 0 spiro atoms. The summed E-state index contributed by atoms with van der Waals surface area (Å²) in [4.78, 5) is 12.8. The van der Waals surface area contributed by atoms with E-state index in [9.17, 15) is 13.2 Å². The van der Waals surface area contributed by atoms with Crippen molar-refractivity contribution >= 4 is 27.3 Å². The molecule has 0 aliphatic carbocycles. The van der Waals surface area contributed by atoms with Gasteiger partial charge in [0.1, 0.15) is 5.75 Å². The van der Waals surface area contributed by atoms with Gasteiger partial charge in [0, 0.05) is 18.3 Å². The van der Waals surface area contributed by atoms with Gasteiger partial charge in [0.25, 0.3) is 5.91 Å². The van der Waals surface area contributed by atoms with E-state index < -0.39 is 10.0 Å². The van der Waals surface area contributed by atoms with E-state index in [1.165, 1.54) is 7.05 Å². The molecule has 0 heterocycles. The lowest BCUT2D eigenvalue weighted by Crippen LogP contribution is -2.25. The molecule has 6 nitrogen and oxygen atoms in total. The van der Waals surface area contributed by atoms with Crippen LogP contribution in [0.4, 0.5) is 11.4 Å². The number of amides is 1. The van der Waals surface area contributed by atoms with Gasteiger partial charge in [-0.15, -0.1) is 0 Å². The van der Waals surface area contributed by atoms with Crippen LogP contribution in [0.1, 0.15) is 41.3 Å². The number of nitrogens with one attached hydrogen (secondary N) is 1. The van der Waals surface area contributed by atoms with Crippen LogP contribution >= 0.6 is 0 Å². The summed E-state index contributed by atoms with van der Waals surface area (Å²) >= 11 is 0. The van der Waals surface area contributed by atoms with Crippen LogP contribution in [-0.2, 0) is 10.0 Å². The van der Waals surface area contributed by atoms with Gasteiger partial charge in [-0.2, -0.15) is 0 Å². The maximum Gasteiger partial charge on any atom is 0.255 e. The summed E-state index contributed by atoms with van der Waals surface area (Å²) in [6.07, 6.45) is 1.13. The second-order valence-corrected chi connectivity index (χ2v) is 8.81. The van der Waals surface area contributed by atoms with Gasteiger partial charge < -0.3 is 10.1 Å². The van der Waals surface area contributed by atoms with Gasteiger partial charge >= 0.3 is 0 Å². The molecule has 0 fully saturated rings. The van der Waals surface area contributed by atoms with Gasteiger partial charge in [0.2, 0.25) is 10.0 Å². The highest BCUT2D eigenvalue weighted by Crippen LogP contribution is 2.30. The van der Waals surface area contributed by atoms with Gasteiger partial charge in [0.05, 0.1) is 19.1 Å². The van der Waals surface area contributed by atoms with Gasteiger partial charge in [0.15, 0.2) is 0 Å². The Balaban J connectivity index is 2.34. The number of sulfonamides is 1. The van der Waals surface area contributed by atoms with Crippen molar-refractivity contribution in [3.8, 4) is 5.75 Å². The highest BCUT2D eigenvalue weighted by molar-refractivity contribution is 7.92. The Hall–Kier alpha value is -2.54.